The molecule has 0 saturated carbocycles. The SMILES string of the molecule is O=C1CC2[C@@H](OC=C[C@H]2O)O1. The normalized spacial score (nSPS) is 41.2. The third-order valence-corrected chi connectivity index (χ3v) is 1.93. The molecular formula is C7H8O4. The monoisotopic (exact) mass is 156 g/mol. The first-order valence-electron chi connectivity index (χ1n) is 3.47. The first kappa shape index (κ1) is 6.67. The fourth-order valence-corrected chi connectivity index (χ4v) is 1.31. The molecule has 60 valence electrons. The molecule has 1 N–H and O–H groups in total. The number of carbonyl (C=O) groups is 1. The van der Waals surface area contributed by atoms with Gasteiger partial charge in [-0.05, 0) is 6.08 Å². The van der Waals surface area contributed by atoms with Crippen molar-refractivity contribution in [2.75, 3.05) is 0 Å². The van der Waals surface area contributed by atoms with Crippen molar-refractivity contribution >= 4 is 5.97 Å². The zero-order valence-corrected chi connectivity index (χ0v) is 5.77. The maximum atomic E-state index is 10.7. The van der Waals surface area contributed by atoms with Gasteiger partial charge in [0.25, 0.3) is 0 Å². The van der Waals surface area contributed by atoms with E-state index in [0.29, 0.717) is 0 Å². The summed E-state index contributed by atoms with van der Waals surface area (Å²) in [6.07, 6.45) is 1.95. The topological polar surface area (TPSA) is 55.8 Å². The number of rotatable bonds is 0. The third kappa shape index (κ3) is 0.991. The van der Waals surface area contributed by atoms with Crippen LogP contribution in [0.15, 0.2) is 12.3 Å². The lowest BCUT2D eigenvalue weighted by Crippen LogP contribution is -2.31. The molecule has 0 bridgehead atoms. The predicted molar refractivity (Wildman–Crippen MR) is 34.2 cm³/mol. The summed E-state index contributed by atoms with van der Waals surface area (Å²) in [7, 11) is 0. The standard InChI is InChI=1S/C7H8O4/c8-5-1-2-10-7-4(5)3-6(9)11-7/h1-2,4-5,7-8H,3H2/t4?,5-,7+/m1/s1. The average Bonchev–Trinajstić information content (AvgIpc) is 2.31. The van der Waals surface area contributed by atoms with Crippen molar-refractivity contribution in [3.8, 4) is 0 Å². The molecule has 2 aliphatic rings. The fourth-order valence-electron chi connectivity index (χ4n) is 1.31. The molecule has 2 aliphatic heterocycles. The Morgan fingerprint density at radius 2 is 2.45 bits per heavy atom. The highest BCUT2D eigenvalue weighted by Crippen LogP contribution is 2.29. The van der Waals surface area contributed by atoms with Crippen LogP contribution >= 0.6 is 0 Å². The number of ether oxygens (including phenoxy) is 2. The Balaban J connectivity index is 2.17. The zero-order chi connectivity index (χ0) is 7.84. The van der Waals surface area contributed by atoms with Gasteiger partial charge in [0.05, 0.1) is 24.7 Å². The molecule has 11 heavy (non-hydrogen) atoms. The molecule has 2 rings (SSSR count). The van der Waals surface area contributed by atoms with E-state index in [9.17, 15) is 9.90 Å². The van der Waals surface area contributed by atoms with Crippen molar-refractivity contribution in [3.05, 3.63) is 12.3 Å². The summed E-state index contributed by atoms with van der Waals surface area (Å²) in [5.74, 6) is -0.518. The lowest BCUT2D eigenvalue weighted by atomic mass is 9.99. The molecule has 0 spiro atoms. The van der Waals surface area contributed by atoms with Gasteiger partial charge in [0.2, 0.25) is 6.29 Å². The van der Waals surface area contributed by atoms with Gasteiger partial charge >= 0.3 is 5.97 Å². The first-order chi connectivity index (χ1) is 5.27. The number of hydrogen-bond acceptors (Lipinski definition) is 4. The summed E-state index contributed by atoms with van der Waals surface area (Å²) in [6, 6.07) is 0. The first-order valence-corrected chi connectivity index (χ1v) is 3.47. The largest absolute Gasteiger partial charge is 0.462 e. The molecule has 0 aromatic heterocycles. The van der Waals surface area contributed by atoms with E-state index in [0.717, 1.165) is 0 Å². The van der Waals surface area contributed by atoms with E-state index < -0.39 is 12.4 Å². The van der Waals surface area contributed by atoms with Gasteiger partial charge in [0, 0.05) is 0 Å². The van der Waals surface area contributed by atoms with Gasteiger partial charge in [-0.1, -0.05) is 0 Å². The number of aliphatic hydroxyl groups excluding tert-OH is 1. The molecule has 0 aromatic rings. The zero-order valence-electron chi connectivity index (χ0n) is 5.77. The van der Waals surface area contributed by atoms with Crippen molar-refractivity contribution < 1.29 is 19.4 Å². The number of hydrogen-bond donors (Lipinski definition) is 1. The van der Waals surface area contributed by atoms with Crippen molar-refractivity contribution in [1.29, 1.82) is 0 Å². The van der Waals surface area contributed by atoms with Gasteiger partial charge in [-0.2, -0.15) is 0 Å². The van der Waals surface area contributed by atoms with E-state index in [-0.39, 0.29) is 18.3 Å². The highest BCUT2D eigenvalue weighted by Gasteiger charge is 2.41. The summed E-state index contributed by atoms with van der Waals surface area (Å²) >= 11 is 0. The second-order valence-electron chi connectivity index (χ2n) is 2.68. The van der Waals surface area contributed by atoms with E-state index in [4.69, 9.17) is 9.47 Å². The molecule has 0 radical (unpaired) electrons. The predicted octanol–water partition coefficient (Wildman–Crippen LogP) is -0.220. The number of carbonyl (C=O) groups excluding carboxylic acids is 1. The van der Waals surface area contributed by atoms with Crippen LogP contribution in [0, 0.1) is 5.92 Å². The molecule has 0 aliphatic carbocycles. The van der Waals surface area contributed by atoms with Gasteiger partial charge < -0.3 is 14.6 Å². The maximum absolute atomic E-state index is 10.7. The van der Waals surface area contributed by atoms with Crippen LogP contribution in [0.1, 0.15) is 6.42 Å². The van der Waals surface area contributed by atoms with Gasteiger partial charge in [0.15, 0.2) is 0 Å². The van der Waals surface area contributed by atoms with Crippen LogP contribution in [0.4, 0.5) is 0 Å². The lowest BCUT2D eigenvalue weighted by molar-refractivity contribution is -0.161. The van der Waals surface area contributed by atoms with Crippen LogP contribution in [0.5, 0.6) is 0 Å². The highest BCUT2D eigenvalue weighted by molar-refractivity contribution is 5.72. The Hall–Kier alpha value is -1.03. The van der Waals surface area contributed by atoms with E-state index in [1.54, 1.807) is 0 Å². The Morgan fingerprint density at radius 1 is 1.64 bits per heavy atom. The summed E-state index contributed by atoms with van der Waals surface area (Å²) in [4.78, 5) is 10.7. The van der Waals surface area contributed by atoms with Gasteiger partial charge in [-0.25, -0.2) is 0 Å². The van der Waals surface area contributed by atoms with Crippen LogP contribution in [-0.2, 0) is 14.3 Å². The molecule has 1 unspecified atom stereocenters. The minimum atomic E-state index is -0.611. The van der Waals surface area contributed by atoms with Crippen molar-refractivity contribution in [3.63, 3.8) is 0 Å². The minimum absolute atomic E-state index is 0.215. The fraction of sp³-hybridized carbons (Fsp3) is 0.571. The third-order valence-electron chi connectivity index (χ3n) is 1.93. The molecular weight excluding hydrogens is 148 g/mol. The second-order valence-corrected chi connectivity index (χ2v) is 2.68. The van der Waals surface area contributed by atoms with Gasteiger partial charge in [-0.15, -0.1) is 0 Å². The Morgan fingerprint density at radius 3 is 3.18 bits per heavy atom. The molecule has 0 amide bonds. The maximum Gasteiger partial charge on any atom is 0.309 e. The van der Waals surface area contributed by atoms with Crippen LogP contribution < -0.4 is 0 Å². The summed E-state index contributed by atoms with van der Waals surface area (Å²) < 4.78 is 9.72. The van der Waals surface area contributed by atoms with Crippen LogP contribution in [0.25, 0.3) is 0 Å². The van der Waals surface area contributed by atoms with Crippen molar-refractivity contribution in [2.24, 2.45) is 5.92 Å². The van der Waals surface area contributed by atoms with Crippen LogP contribution in [0.2, 0.25) is 0 Å². The summed E-state index contributed by atoms with van der Waals surface area (Å²) in [6.45, 7) is 0. The Kier molecular flexibility index (Phi) is 1.35. The van der Waals surface area contributed by atoms with Crippen molar-refractivity contribution in [1.82, 2.24) is 0 Å². The second kappa shape index (κ2) is 2.23. The Bertz CT molecular complexity index is 210. The molecule has 4 heteroatoms. The highest BCUT2D eigenvalue weighted by atomic mass is 16.7. The minimum Gasteiger partial charge on any atom is -0.462 e. The van der Waals surface area contributed by atoms with Crippen LogP contribution in [0.3, 0.4) is 0 Å². The number of fused-ring (bicyclic) bond motifs is 1. The summed E-state index contributed by atoms with van der Waals surface area (Å²) in [5.41, 5.74) is 0. The summed E-state index contributed by atoms with van der Waals surface area (Å²) in [5, 5.41) is 9.30. The van der Waals surface area contributed by atoms with Gasteiger partial charge in [-0.3, -0.25) is 4.79 Å². The number of esters is 1. The van der Waals surface area contributed by atoms with E-state index >= 15 is 0 Å². The van der Waals surface area contributed by atoms with E-state index in [2.05, 4.69) is 0 Å². The molecule has 2 heterocycles. The number of aliphatic hydroxyl groups is 1. The van der Waals surface area contributed by atoms with Crippen LogP contribution in [-0.4, -0.2) is 23.5 Å². The quantitative estimate of drug-likeness (QED) is 0.492. The molecule has 1 saturated heterocycles. The van der Waals surface area contributed by atoms with E-state index in [1.165, 1.54) is 12.3 Å². The molecule has 0 aromatic carbocycles. The smallest absolute Gasteiger partial charge is 0.309 e. The van der Waals surface area contributed by atoms with Gasteiger partial charge in [0.1, 0.15) is 0 Å². The van der Waals surface area contributed by atoms with Crippen molar-refractivity contribution in [2.45, 2.75) is 18.8 Å². The van der Waals surface area contributed by atoms with E-state index in [1.807, 2.05) is 0 Å². The lowest BCUT2D eigenvalue weighted by Gasteiger charge is -2.23. The molecule has 3 atom stereocenters. The Labute approximate surface area is 63.4 Å². The molecule has 4 nitrogen and oxygen atoms in total. The molecule has 1 fully saturated rings. The average molecular weight is 156 g/mol.